The molecule has 0 unspecified atom stereocenters. The van der Waals surface area contributed by atoms with E-state index in [4.69, 9.17) is 4.74 Å². The van der Waals surface area contributed by atoms with Crippen molar-refractivity contribution >= 4 is 11.6 Å². The van der Waals surface area contributed by atoms with Crippen LogP contribution in [0, 0.1) is 6.92 Å². The Morgan fingerprint density at radius 1 is 1.27 bits per heavy atom. The number of aryl methyl sites for hydroxylation is 1. The first-order chi connectivity index (χ1) is 10.7. The van der Waals surface area contributed by atoms with Crippen LogP contribution in [0.15, 0.2) is 48.8 Å². The molecule has 0 bridgehead atoms. The highest BCUT2D eigenvalue weighted by Gasteiger charge is 2.11. The molecule has 0 saturated carbocycles. The molecule has 0 fully saturated rings. The number of rotatable bonds is 4. The minimum Gasteiger partial charge on any atom is -0.497 e. The van der Waals surface area contributed by atoms with Crippen molar-refractivity contribution in [2.45, 2.75) is 13.5 Å². The van der Waals surface area contributed by atoms with Crippen molar-refractivity contribution in [1.82, 2.24) is 14.7 Å². The van der Waals surface area contributed by atoms with Crippen LogP contribution in [0.1, 0.15) is 21.6 Å². The monoisotopic (exact) mass is 295 g/mol. The van der Waals surface area contributed by atoms with Gasteiger partial charge in [-0.1, -0.05) is 12.1 Å². The van der Waals surface area contributed by atoms with Gasteiger partial charge in [0.2, 0.25) is 0 Å². The topological polar surface area (TPSA) is 55.6 Å². The molecule has 0 spiro atoms. The van der Waals surface area contributed by atoms with E-state index in [-0.39, 0.29) is 5.91 Å². The number of hydrogen-bond acceptors (Lipinski definition) is 3. The summed E-state index contributed by atoms with van der Waals surface area (Å²) in [4.78, 5) is 16.6. The molecular weight excluding hydrogens is 278 g/mol. The molecule has 2 aromatic heterocycles. The van der Waals surface area contributed by atoms with Crippen LogP contribution >= 0.6 is 0 Å². The summed E-state index contributed by atoms with van der Waals surface area (Å²) < 4.78 is 6.90. The van der Waals surface area contributed by atoms with Gasteiger partial charge in [-0.25, -0.2) is 4.98 Å². The number of imidazole rings is 1. The van der Waals surface area contributed by atoms with Crippen molar-refractivity contribution in [3.63, 3.8) is 0 Å². The van der Waals surface area contributed by atoms with E-state index < -0.39 is 0 Å². The van der Waals surface area contributed by atoms with Crippen LogP contribution < -0.4 is 10.1 Å². The van der Waals surface area contributed by atoms with Crippen LogP contribution in [-0.4, -0.2) is 22.4 Å². The third-order valence-corrected chi connectivity index (χ3v) is 3.51. The first kappa shape index (κ1) is 14.1. The third kappa shape index (κ3) is 2.79. The summed E-state index contributed by atoms with van der Waals surface area (Å²) in [7, 11) is 1.63. The summed E-state index contributed by atoms with van der Waals surface area (Å²) in [5.41, 5.74) is 3.43. The molecule has 112 valence electrons. The lowest BCUT2D eigenvalue weighted by Crippen LogP contribution is -2.24. The number of nitrogens with one attached hydrogen (secondary N) is 1. The molecule has 0 atom stereocenters. The zero-order chi connectivity index (χ0) is 15.5. The number of ether oxygens (including phenoxy) is 1. The summed E-state index contributed by atoms with van der Waals surface area (Å²) in [5, 5.41) is 2.91. The van der Waals surface area contributed by atoms with Crippen LogP contribution in [0.2, 0.25) is 0 Å². The van der Waals surface area contributed by atoms with Crippen molar-refractivity contribution < 1.29 is 9.53 Å². The molecule has 3 rings (SSSR count). The first-order valence-electron chi connectivity index (χ1n) is 7.02. The van der Waals surface area contributed by atoms with Gasteiger partial charge in [0.25, 0.3) is 5.91 Å². The lowest BCUT2D eigenvalue weighted by atomic mass is 10.2. The molecule has 0 aliphatic rings. The molecule has 0 radical (unpaired) electrons. The van der Waals surface area contributed by atoms with E-state index in [1.54, 1.807) is 17.7 Å². The molecule has 22 heavy (non-hydrogen) atoms. The van der Waals surface area contributed by atoms with Crippen molar-refractivity contribution in [1.29, 1.82) is 0 Å². The summed E-state index contributed by atoms with van der Waals surface area (Å²) in [6.45, 7) is 2.46. The maximum absolute atomic E-state index is 12.3. The minimum absolute atomic E-state index is 0.146. The van der Waals surface area contributed by atoms with Crippen LogP contribution in [0.25, 0.3) is 5.65 Å². The molecule has 1 aromatic carbocycles. The summed E-state index contributed by atoms with van der Waals surface area (Å²) in [6, 6.07) is 11.5. The lowest BCUT2D eigenvalue weighted by Gasteiger charge is -2.06. The van der Waals surface area contributed by atoms with Gasteiger partial charge in [-0.3, -0.25) is 9.20 Å². The van der Waals surface area contributed by atoms with Crippen molar-refractivity contribution in [3.8, 4) is 5.75 Å². The third-order valence-electron chi connectivity index (χ3n) is 3.51. The van der Waals surface area contributed by atoms with E-state index in [2.05, 4.69) is 10.3 Å². The number of carbonyl (C=O) groups excluding carboxylic acids is 1. The van der Waals surface area contributed by atoms with E-state index >= 15 is 0 Å². The van der Waals surface area contributed by atoms with Crippen molar-refractivity contribution in [2.75, 3.05) is 7.11 Å². The van der Waals surface area contributed by atoms with E-state index in [0.717, 1.165) is 22.5 Å². The molecule has 1 amide bonds. The van der Waals surface area contributed by atoms with Crippen LogP contribution in [0.5, 0.6) is 5.75 Å². The number of hydrogen-bond donors (Lipinski definition) is 1. The standard InChI is InChI=1S/C17H17N3O2/c1-12-7-8-20-15(11-18-16(20)9-12)17(21)19-10-13-3-5-14(22-2)6-4-13/h3-9,11H,10H2,1-2H3,(H,19,21). The zero-order valence-corrected chi connectivity index (χ0v) is 12.5. The van der Waals surface area contributed by atoms with Crippen LogP contribution in [-0.2, 0) is 6.54 Å². The van der Waals surface area contributed by atoms with Crippen LogP contribution in [0.4, 0.5) is 0 Å². The Labute approximate surface area is 128 Å². The van der Waals surface area contributed by atoms with Gasteiger partial charge in [-0.2, -0.15) is 0 Å². The Balaban J connectivity index is 1.72. The highest BCUT2D eigenvalue weighted by molar-refractivity contribution is 5.93. The Morgan fingerprint density at radius 3 is 2.77 bits per heavy atom. The van der Waals surface area contributed by atoms with E-state index in [9.17, 15) is 4.79 Å². The second-order valence-electron chi connectivity index (χ2n) is 5.11. The second-order valence-corrected chi connectivity index (χ2v) is 5.11. The van der Waals surface area contributed by atoms with Crippen molar-refractivity contribution in [3.05, 3.63) is 65.6 Å². The van der Waals surface area contributed by atoms with E-state index in [0.29, 0.717) is 12.2 Å². The fraction of sp³-hybridized carbons (Fsp3) is 0.176. The Kier molecular flexibility index (Phi) is 3.78. The number of aromatic nitrogens is 2. The average Bonchev–Trinajstić information content (AvgIpc) is 2.96. The number of amides is 1. The second kappa shape index (κ2) is 5.89. The maximum atomic E-state index is 12.3. The SMILES string of the molecule is COc1ccc(CNC(=O)c2cnc3cc(C)ccn23)cc1. The normalized spacial score (nSPS) is 10.6. The highest BCUT2D eigenvalue weighted by atomic mass is 16.5. The van der Waals surface area contributed by atoms with Gasteiger partial charge >= 0.3 is 0 Å². The van der Waals surface area contributed by atoms with Gasteiger partial charge in [0.15, 0.2) is 0 Å². The van der Waals surface area contributed by atoms with Gasteiger partial charge in [0.05, 0.1) is 13.3 Å². The van der Waals surface area contributed by atoms with E-state index in [1.165, 1.54) is 0 Å². The van der Waals surface area contributed by atoms with Crippen LogP contribution in [0.3, 0.4) is 0 Å². The zero-order valence-electron chi connectivity index (χ0n) is 12.5. The Bertz CT molecular complexity index is 806. The molecule has 5 nitrogen and oxygen atoms in total. The smallest absolute Gasteiger partial charge is 0.270 e. The highest BCUT2D eigenvalue weighted by Crippen LogP contribution is 2.12. The van der Waals surface area contributed by atoms with Gasteiger partial charge < -0.3 is 10.1 Å². The molecule has 0 aliphatic carbocycles. The van der Waals surface area contributed by atoms with Gasteiger partial charge in [0, 0.05) is 12.7 Å². The number of fused-ring (bicyclic) bond motifs is 1. The lowest BCUT2D eigenvalue weighted by molar-refractivity contribution is 0.0945. The van der Waals surface area contributed by atoms with E-state index in [1.807, 2.05) is 49.5 Å². The molecule has 3 aromatic rings. The summed E-state index contributed by atoms with van der Waals surface area (Å²) in [5.74, 6) is 0.652. The van der Waals surface area contributed by atoms with Gasteiger partial charge in [-0.05, 0) is 42.3 Å². The van der Waals surface area contributed by atoms with Crippen molar-refractivity contribution in [2.24, 2.45) is 0 Å². The number of pyridine rings is 1. The molecular formula is C17H17N3O2. The molecule has 0 aliphatic heterocycles. The summed E-state index contributed by atoms with van der Waals surface area (Å²) >= 11 is 0. The number of benzene rings is 1. The van der Waals surface area contributed by atoms with Gasteiger partial charge in [-0.15, -0.1) is 0 Å². The fourth-order valence-electron chi connectivity index (χ4n) is 2.27. The predicted octanol–water partition coefficient (Wildman–Crippen LogP) is 2.58. The largest absolute Gasteiger partial charge is 0.497 e. The minimum atomic E-state index is -0.146. The molecule has 2 heterocycles. The Morgan fingerprint density at radius 2 is 2.05 bits per heavy atom. The quantitative estimate of drug-likeness (QED) is 0.805. The number of methoxy groups -OCH3 is 1. The summed E-state index contributed by atoms with van der Waals surface area (Å²) in [6.07, 6.45) is 3.46. The predicted molar refractivity (Wildman–Crippen MR) is 84.1 cm³/mol. The molecule has 0 saturated heterocycles. The maximum Gasteiger partial charge on any atom is 0.270 e. The average molecular weight is 295 g/mol. The Hall–Kier alpha value is -2.82. The van der Waals surface area contributed by atoms with Gasteiger partial charge in [0.1, 0.15) is 17.1 Å². The fourth-order valence-corrected chi connectivity index (χ4v) is 2.27. The number of carbonyl (C=O) groups is 1. The number of nitrogens with zero attached hydrogens (tertiary/aromatic N) is 2. The first-order valence-corrected chi connectivity index (χ1v) is 7.02. The molecule has 1 N–H and O–H groups in total. The molecule has 5 heteroatoms.